The van der Waals surface area contributed by atoms with Crippen molar-refractivity contribution in [3.05, 3.63) is 70.2 Å². The van der Waals surface area contributed by atoms with E-state index in [1.807, 2.05) is 24.3 Å². The summed E-state index contributed by atoms with van der Waals surface area (Å²) in [6.07, 6.45) is 1.22. The summed E-state index contributed by atoms with van der Waals surface area (Å²) in [5.41, 5.74) is 3.29. The third-order valence-corrected chi connectivity index (χ3v) is 3.71. The van der Waals surface area contributed by atoms with Gasteiger partial charge in [0.25, 0.3) is 0 Å². The molecule has 2 aromatic carbocycles. The lowest BCUT2D eigenvalue weighted by molar-refractivity contribution is -0.121. The molecule has 0 aliphatic rings. The summed E-state index contributed by atoms with van der Waals surface area (Å²) in [6, 6.07) is 15.8. The Morgan fingerprint density at radius 2 is 1.90 bits per heavy atom. The molecule has 0 aromatic heterocycles. The number of aryl methyl sites for hydroxylation is 1. The van der Waals surface area contributed by atoms with Crippen LogP contribution in [0.1, 0.15) is 36.1 Å². The van der Waals surface area contributed by atoms with E-state index in [4.69, 9.17) is 11.6 Å². The third kappa shape index (κ3) is 4.61. The lowest BCUT2D eigenvalue weighted by atomic mass is 10.0. The van der Waals surface area contributed by atoms with Crippen LogP contribution in [0.4, 0.5) is 0 Å². The van der Waals surface area contributed by atoms with Crippen molar-refractivity contribution >= 4 is 17.5 Å². The highest BCUT2D eigenvalue weighted by atomic mass is 35.5. The molecule has 1 N–H and O–H groups in total. The van der Waals surface area contributed by atoms with Crippen molar-refractivity contribution in [3.8, 4) is 0 Å². The fourth-order valence-corrected chi connectivity index (χ4v) is 2.51. The van der Waals surface area contributed by atoms with Crippen molar-refractivity contribution in [3.63, 3.8) is 0 Å². The Bertz CT molecular complexity index is 607. The summed E-state index contributed by atoms with van der Waals surface area (Å²) in [7, 11) is 0. The lowest BCUT2D eigenvalue weighted by Crippen LogP contribution is -2.29. The zero-order valence-corrected chi connectivity index (χ0v) is 13.2. The maximum absolute atomic E-state index is 12.2. The van der Waals surface area contributed by atoms with Gasteiger partial charge in [0.05, 0.1) is 12.5 Å². The molecular weight excluding hydrogens is 282 g/mol. The topological polar surface area (TPSA) is 29.1 Å². The maximum atomic E-state index is 12.2. The number of hydrogen-bond donors (Lipinski definition) is 1. The van der Waals surface area contributed by atoms with Crippen LogP contribution in [0.25, 0.3) is 0 Å². The van der Waals surface area contributed by atoms with Crippen LogP contribution in [-0.4, -0.2) is 5.91 Å². The second kappa shape index (κ2) is 7.28. The smallest absolute Gasteiger partial charge is 0.224 e. The van der Waals surface area contributed by atoms with Crippen LogP contribution in [0, 0.1) is 6.92 Å². The summed E-state index contributed by atoms with van der Waals surface area (Å²) in [5, 5.41) is 3.75. The van der Waals surface area contributed by atoms with Gasteiger partial charge >= 0.3 is 0 Å². The number of halogens is 1. The predicted octanol–water partition coefficient (Wildman–Crippen LogP) is 4.46. The third-order valence-electron chi connectivity index (χ3n) is 3.48. The number of carbonyl (C=O) groups excluding carboxylic acids is 1. The Balaban J connectivity index is 2.01. The van der Waals surface area contributed by atoms with Crippen molar-refractivity contribution in [2.24, 2.45) is 0 Å². The van der Waals surface area contributed by atoms with E-state index < -0.39 is 0 Å². The van der Waals surface area contributed by atoms with E-state index in [1.54, 1.807) is 0 Å². The zero-order chi connectivity index (χ0) is 15.2. The van der Waals surface area contributed by atoms with E-state index in [2.05, 4.69) is 43.4 Å². The second-order valence-corrected chi connectivity index (χ2v) is 5.68. The minimum Gasteiger partial charge on any atom is -0.349 e. The molecule has 0 radical (unpaired) electrons. The average molecular weight is 302 g/mol. The number of carbonyl (C=O) groups is 1. The second-order valence-electron chi connectivity index (χ2n) is 5.25. The largest absolute Gasteiger partial charge is 0.349 e. The lowest BCUT2D eigenvalue weighted by Gasteiger charge is -2.18. The van der Waals surface area contributed by atoms with Crippen LogP contribution in [0.2, 0.25) is 5.02 Å². The summed E-state index contributed by atoms with van der Waals surface area (Å²) in [4.78, 5) is 12.2. The summed E-state index contributed by atoms with van der Waals surface area (Å²) in [6.45, 7) is 4.13. The number of hydrogen-bond acceptors (Lipinski definition) is 1. The van der Waals surface area contributed by atoms with Crippen LogP contribution < -0.4 is 5.32 Å². The van der Waals surface area contributed by atoms with Crippen LogP contribution in [0.5, 0.6) is 0 Å². The monoisotopic (exact) mass is 301 g/mol. The highest BCUT2D eigenvalue weighted by Crippen LogP contribution is 2.18. The van der Waals surface area contributed by atoms with Gasteiger partial charge < -0.3 is 5.32 Å². The van der Waals surface area contributed by atoms with Crippen molar-refractivity contribution < 1.29 is 4.79 Å². The SMILES string of the molecule is CC[C@H](NC(=O)Cc1cccc(Cl)c1)c1ccc(C)cc1. The first-order chi connectivity index (χ1) is 10.1. The minimum atomic E-state index is 0.0182. The van der Waals surface area contributed by atoms with Crippen LogP contribution in [0.15, 0.2) is 48.5 Å². The van der Waals surface area contributed by atoms with Crippen molar-refractivity contribution in [2.75, 3.05) is 0 Å². The number of rotatable bonds is 5. The molecule has 0 bridgehead atoms. The molecule has 3 heteroatoms. The molecule has 1 atom stereocenters. The van der Waals surface area contributed by atoms with Gasteiger partial charge in [0.1, 0.15) is 0 Å². The number of amides is 1. The Kier molecular flexibility index (Phi) is 5.40. The number of benzene rings is 2. The van der Waals surface area contributed by atoms with Crippen molar-refractivity contribution in [1.29, 1.82) is 0 Å². The molecule has 0 saturated carbocycles. The zero-order valence-electron chi connectivity index (χ0n) is 12.4. The minimum absolute atomic E-state index is 0.0182. The van der Waals surface area contributed by atoms with Crippen molar-refractivity contribution in [1.82, 2.24) is 5.32 Å². The van der Waals surface area contributed by atoms with E-state index in [1.165, 1.54) is 5.56 Å². The summed E-state index contributed by atoms with van der Waals surface area (Å²) >= 11 is 5.94. The van der Waals surface area contributed by atoms with E-state index in [0.29, 0.717) is 11.4 Å². The van der Waals surface area contributed by atoms with Gasteiger partial charge in [-0.2, -0.15) is 0 Å². The van der Waals surface area contributed by atoms with Gasteiger partial charge in [-0.1, -0.05) is 60.5 Å². The highest BCUT2D eigenvalue weighted by Gasteiger charge is 2.13. The van der Waals surface area contributed by atoms with E-state index in [-0.39, 0.29) is 11.9 Å². The Morgan fingerprint density at radius 3 is 2.52 bits per heavy atom. The first kappa shape index (κ1) is 15.6. The van der Waals surface area contributed by atoms with Gasteiger partial charge in [0.15, 0.2) is 0 Å². The van der Waals surface area contributed by atoms with Gasteiger partial charge in [0.2, 0.25) is 5.91 Å². The number of nitrogens with one attached hydrogen (secondary N) is 1. The molecule has 2 nitrogen and oxygen atoms in total. The van der Waals surface area contributed by atoms with E-state index in [0.717, 1.165) is 17.5 Å². The summed E-state index contributed by atoms with van der Waals surface area (Å²) in [5.74, 6) is 0.0182. The predicted molar refractivity (Wildman–Crippen MR) is 87.5 cm³/mol. The molecule has 2 aromatic rings. The molecule has 0 spiro atoms. The highest BCUT2D eigenvalue weighted by molar-refractivity contribution is 6.30. The first-order valence-electron chi connectivity index (χ1n) is 7.19. The molecule has 2 rings (SSSR count). The molecule has 0 fully saturated rings. The normalized spacial score (nSPS) is 12.0. The molecule has 0 saturated heterocycles. The van der Waals surface area contributed by atoms with Crippen LogP contribution in [0.3, 0.4) is 0 Å². The van der Waals surface area contributed by atoms with Crippen molar-refractivity contribution in [2.45, 2.75) is 32.7 Å². The molecular formula is C18H20ClNO. The summed E-state index contributed by atoms with van der Waals surface area (Å²) < 4.78 is 0. The molecule has 21 heavy (non-hydrogen) atoms. The van der Waals surface area contributed by atoms with Crippen LogP contribution >= 0.6 is 11.6 Å². The quantitative estimate of drug-likeness (QED) is 0.868. The molecule has 0 unspecified atom stereocenters. The van der Waals surface area contributed by atoms with Crippen LogP contribution in [-0.2, 0) is 11.2 Å². The van der Waals surface area contributed by atoms with E-state index >= 15 is 0 Å². The molecule has 1 amide bonds. The Morgan fingerprint density at radius 1 is 1.19 bits per heavy atom. The molecule has 110 valence electrons. The standard InChI is InChI=1S/C18H20ClNO/c1-3-17(15-9-7-13(2)8-10-15)20-18(21)12-14-5-4-6-16(19)11-14/h4-11,17H,3,12H2,1-2H3,(H,20,21)/t17-/m0/s1. The van der Waals surface area contributed by atoms with Gasteiger partial charge in [-0.15, -0.1) is 0 Å². The fourth-order valence-electron chi connectivity index (χ4n) is 2.30. The Hall–Kier alpha value is -1.80. The maximum Gasteiger partial charge on any atom is 0.224 e. The van der Waals surface area contributed by atoms with Gasteiger partial charge in [0, 0.05) is 5.02 Å². The van der Waals surface area contributed by atoms with Gasteiger partial charge in [-0.3, -0.25) is 4.79 Å². The molecule has 0 aliphatic heterocycles. The van der Waals surface area contributed by atoms with Gasteiger partial charge in [-0.05, 0) is 36.6 Å². The first-order valence-corrected chi connectivity index (χ1v) is 7.56. The molecule has 0 aliphatic carbocycles. The average Bonchev–Trinajstić information content (AvgIpc) is 2.46. The fraction of sp³-hybridized carbons (Fsp3) is 0.278. The molecule has 0 heterocycles. The van der Waals surface area contributed by atoms with Gasteiger partial charge in [-0.25, -0.2) is 0 Å². The van der Waals surface area contributed by atoms with E-state index in [9.17, 15) is 4.79 Å². The Labute approximate surface area is 131 Å².